The minimum Gasteiger partial charge on any atom is -0.347 e. The van der Waals surface area contributed by atoms with Gasteiger partial charge in [0.2, 0.25) is 5.91 Å². The SMILES string of the molecule is C=C(C)C(=O)NCc1c(Cc2ccccc2)ncn1C. The Morgan fingerprint density at radius 1 is 1.35 bits per heavy atom. The molecular weight excluding hydrogens is 250 g/mol. The zero-order valence-corrected chi connectivity index (χ0v) is 11.9. The van der Waals surface area contributed by atoms with Crippen LogP contribution < -0.4 is 5.32 Å². The van der Waals surface area contributed by atoms with Crippen LogP contribution in [0.15, 0.2) is 48.8 Å². The second kappa shape index (κ2) is 6.19. The summed E-state index contributed by atoms with van der Waals surface area (Å²) in [4.78, 5) is 16.0. The Balaban J connectivity index is 2.11. The maximum Gasteiger partial charge on any atom is 0.246 e. The van der Waals surface area contributed by atoms with E-state index in [2.05, 4.69) is 29.0 Å². The first-order valence-corrected chi connectivity index (χ1v) is 6.54. The number of nitrogens with one attached hydrogen (secondary N) is 1. The first-order chi connectivity index (χ1) is 9.58. The lowest BCUT2D eigenvalue weighted by atomic mass is 10.1. The summed E-state index contributed by atoms with van der Waals surface area (Å²) in [5, 5.41) is 2.85. The number of benzene rings is 1. The van der Waals surface area contributed by atoms with Crippen molar-refractivity contribution >= 4 is 5.91 Å². The maximum absolute atomic E-state index is 11.6. The molecule has 104 valence electrons. The molecule has 0 unspecified atom stereocenters. The van der Waals surface area contributed by atoms with Crippen molar-refractivity contribution in [2.75, 3.05) is 0 Å². The third-order valence-electron chi connectivity index (χ3n) is 3.16. The second-order valence-electron chi connectivity index (χ2n) is 4.87. The first-order valence-electron chi connectivity index (χ1n) is 6.54. The highest BCUT2D eigenvalue weighted by molar-refractivity contribution is 5.91. The van der Waals surface area contributed by atoms with Gasteiger partial charge < -0.3 is 9.88 Å². The van der Waals surface area contributed by atoms with Crippen molar-refractivity contribution in [2.45, 2.75) is 19.9 Å². The molecule has 1 N–H and O–H groups in total. The summed E-state index contributed by atoms with van der Waals surface area (Å²) in [6.07, 6.45) is 2.54. The minimum absolute atomic E-state index is 0.128. The van der Waals surface area contributed by atoms with Crippen LogP contribution in [-0.2, 0) is 24.8 Å². The number of rotatable bonds is 5. The van der Waals surface area contributed by atoms with Crippen molar-refractivity contribution < 1.29 is 4.79 Å². The molecule has 0 fully saturated rings. The molecule has 4 heteroatoms. The van der Waals surface area contributed by atoms with E-state index in [1.165, 1.54) is 5.56 Å². The van der Waals surface area contributed by atoms with Gasteiger partial charge in [0.25, 0.3) is 0 Å². The average Bonchev–Trinajstić information content (AvgIpc) is 2.78. The summed E-state index contributed by atoms with van der Waals surface area (Å²) >= 11 is 0. The molecule has 0 saturated heterocycles. The molecule has 1 amide bonds. The molecule has 20 heavy (non-hydrogen) atoms. The summed E-state index contributed by atoms with van der Waals surface area (Å²) in [5.74, 6) is -0.128. The van der Waals surface area contributed by atoms with E-state index < -0.39 is 0 Å². The molecule has 1 heterocycles. The highest BCUT2D eigenvalue weighted by Gasteiger charge is 2.11. The number of aryl methyl sites for hydroxylation is 1. The van der Waals surface area contributed by atoms with Crippen LogP contribution >= 0.6 is 0 Å². The van der Waals surface area contributed by atoms with E-state index in [9.17, 15) is 4.79 Å². The monoisotopic (exact) mass is 269 g/mol. The van der Waals surface area contributed by atoms with Gasteiger partial charge in [-0.2, -0.15) is 0 Å². The van der Waals surface area contributed by atoms with Gasteiger partial charge in [0.05, 0.1) is 24.3 Å². The number of carbonyl (C=O) groups is 1. The number of aromatic nitrogens is 2. The van der Waals surface area contributed by atoms with E-state index in [4.69, 9.17) is 0 Å². The summed E-state index contributed by atoms with van der Waals surface area (Å²) in [7, 11) is 1.93. The molecule has 0 atom stereocenters. The fourth-order valence-electron chi connectivity index (χ4n) is 1.98. The van der Waals surface area contributed by atoms with Crippen molar-refractivity contribution in [3.8, 4) is 0 Å². The predicted octanol–water partition coefficient (Wildman–Crippen LogP) is 2.20. The van der Waals surface area contributed by atoms with Crippen LogP contribution in [0.2, 0.25) is 0 Å². The Bertz CT molecular complexity index is 614. The van der Waals surface area contributed by atoms with Crippen LogP contribution in [0, 0.1) is 0 Å². The zero-order chi connectivity index (χ0) is 14.5. The second-order valence-corrected chi connectivity index (χ2v) is 4.87. The first kappa shape index (κ1) is 14.1. The molecule has 1 aromatic heterocycles. The van der Waals surface area contributed by atoms with Gasteiger partial charge in [-0.3, -0.25) is 4.79 Å². The van der Waals surface area contributed by atoms with Gasteiger partial charge in [0.1, 0.15) is 0 Å². The van der Waals surface area contributed by atoms with Gasteiger partial charge >= 0.3 is 0 Å². The summed E-state index contributed by atoms with van der Waals surface area (Å²) in [6.45, 7) is 5.79. The summed E-state index contributed by atoms with van der Waals surface area (Å²) < 4.78 is 1.94. The molecule has 1 aromatic carbocycles. The zero-order valence-electron chi connectivity index (χ0n) is 11.9. The summed E-state index contributed by atoms with van der Waals surface area (Å²) in [5.41, 5.74) is 3.72. The largest absolute Gasteiger partial charge is 0.347 e. The molecule has 0 aliphatic heterocycles. The van der Waals surface area contributed by atoms with Crippen molar-refractivity contribution in [3.05, 3.63) is 65.8 Å². The molecule has 0 radical (unpaired) electrons. The van der Waals surface area contributed by atoms with Gasteiger partial charge in [0, 0.05) is 19.0 Å². The molecule has 2 aromatic rings. The highest BCUT2D eigenvalue weighted by atomic mass is 16.1. The number of amides is 1. The van der Waals surface area contributed by atoms with Crippen LogP contribution in [0.5, 0.6) is 0 Å². The standard InChI is InChI=1S/C16H19N3O/c1-12(2)16(20)17-10-15-14(18-11-19(15)3)9-13-7-5-4-6-8-13/h4-8,11H,1,9-10H2,2-3H3,(H,17,20). The number of imidazole rings is 1. The van der Waals surface area contributed by atoms with Crippen LogP contribution in [-0.4, -0.2) is 15.5 Å². The van der Waals surface area contributed by atoms with E-state index in [0.717, 1.165) is 17.8 Å². The van der Waals surface area contributed by atoms with E-state index in [1.54, 1.807) is 13.3 Å². The maximum atomic E-state index is 11.6. The van der Waals surface area contributed by atoms with Crippen molar-refractivity contribution in [1.82, 2.24) is 14.9 Å². The summed E-state index contributed by atoms with van der Waals surface area (Å²) in [6, 6.07) is 10.2. The van der Waals surface area contributed by atoms with Crippen molar-refractivity contribution in [3.63, 3.8) is 0 Å². The highest BCUT2D eigenvalue weighted by Crippen LogP contribution is 2.12. The van der Waals surface area contributed by atoms with Crippen molar-refractivity contribution in [2.24, 2.45) is 7.05 Å². The minimum atomic E-state index is -0.128. The van der Waals surface area contributed by atoms with Crippen molar-refractivity contribution in [1.29, 1.82) is 0 Å². The van der Waals surface area contributed by atoms with Crippen LogP contribution in [0.25, 0.3) is 0 Å². The fourth-order valence-corrected chi connectivity index (χ4v) is 1.98. The Labute approximate surface area is 119 Å². The van der Waals surface area contributed by atoms with E-state index in [0.29, 0.717) is 12.1 Å². The Kier molecular flexibility index (Phi) is 4.35. The molecule has 2 rings (SSSR count). The lowest BCUT2D eigenvalue weighted by molar-refractivity contribution is -0.117. The normalized spacial score (nSPS) is 10.3. The lowest BCUT2D eigenvalue weighted by Crippen LogP contribution is -2.24. The van der Waals surface area contributed by atoms with Crippen LogP contribution in [0.1, 0.15) is 23.9 Å². The van der Waals surface area contributed by atoms with Crippen LogP contribution in [0.3, 0.4) is 0 Å². The fraction of sp³-hybridized carbons (Fsp3) is 0.250. The lowest BCUT2D eigenvalue weighted by Gasteiger charge is -2.08. The van der Waals surface area contributed by atoms with Gasteiger partial charge in [0.15, 0.2) is 0 Å². The number of carbonyl (C=O) groups excluding carboxylic acids is 1. The molecule has 0 bridgehead atoms. The molecule has 4 nitrogen and oxygen atoms in total. The smallest absolute Gasteiger partial charge is 0.246 e. The molecule has 0 aliphatic carbocycles. The van der Waals surface area contributed by atoms with E-state index >= 15 is 0 Å². The third-order valence-corrected chi connectivity index (χ3v) is 3.16. The van der Waals surface area contributed by atoms with E-state index in [-0.39, 0.29) is 5.91 Å². The quantitative estimate of drug-likeness (QED) is 0.846. The number of hydrogen-bond acceptors (Lipinski definition) is 2. The third kappa shape index (κ3) is 3.35. The van der Waals surface area contributed by atoms with Crippen LogP contribution in [0.4, 0.5) is 0 Å². The molecule has 0 saturated carbocycles. The van der Waals surface area contributed by atoms with Gasteiger partial charge in [-0.15, -0.1) is 0 Å². The van der Waals surface area contributed by atoms with Gasteiger partial charge in [-0.25, -0.2) is 4.98 Å². The molecule has 0 aliphatic rings. The van der Waals surface area contributed by atoms with Gasteiger partial charge in [-0.05, 0) is 12.5 Å². The molecule has 0 spiro atoms. The average molecular weight is 269 g/mol. The predicted molar refractivity (Wildman–Crippen MR) is 79.1 cm³/mol. The Morgan fingerprint density at radius 3 is 2.70 bits per heavy atom. The number of nitrogens with zero attached hydrogens (tertiary/aromatic N) is 2. The topological polar surface area (TPSA) is 46.9 Å². The Morgan fingerprint density at radius 2 is 2.05 bits per heavy atom. The van der Waals surface area contributed by atoms with Gasteiger partial charge in [-0.1, -0.05) is 36.9 Å². The Hall–Kier alpha value is -2.36. The molecular formula is C16H19N3O. The van der Waals surface area contributed by atoms with E-state index in [1.807, 2.05) is 29.8 Å². The number of hydrogen-bond donors (Lipinski definition) is 1.